The number of carbonyl (C=O) groups excluding carboxylic acids is 1. The summed E-state index contributed by atoms with van der Waals surface area (Å²) in [6, 6.07) is 19.7. The third-order valence-corrected chi connectivity index (χ3v) is 7.04. The second-order valence-corrected chi connectivity index (χ2v) is 9.16. The Bertz CT molecular complexity index is 1500. The van der Waals surface area contributed by atoms with Gasteiger partial charge in [-0.2, -0.15) is 0 Å². The molecule has 0 bridgehead atoms. The molecule has 5 rings (SSSR count). The monoisotopic (exact) mass is 473 g/mol. The molecule has 0 unspecified atom stereocenters. The third kappa shape index (κ3) is 3.77. The molecule has 0 radical (unpaired) electrons. The Hall–Kier alpha value is -3.85. The van der Waals surface area contributed by atoms with Crippen LogP contribution in [-0.2, 0) is 14.1 Å². The fourth-order valence-corrected chi connectivity index (χ4v) is 5.23. The fraction of sp³-hybridized carbons (Fsp3) is 0.200. The first kappa shape index (κ1) is 22.0. The maximum Gasteiger partial charge on any atom is 0.332 e. The highest BCUT2D eigenvalue weighted by atomic mass is 32.2. The van der Waals surface area contributed by atoms with Crippen LogP contribution in [0.4, 0.5) is 11.4 Å². The lowest BCUT2D eigenvalue weighted by Gasteiger charge is -2.32. The van der Waals surface area contributed by atoms with E-state index in [-0.39, 0.29) is 17.2 Å². The summed E-state index contributed by atoms with van der Waals surface area (Å²) in [4.78, 5) is 46.2. The molecular weight excluding hydrogens is 450 g/mol. The van der Waals surface area contributed by atoms with Gasteiger partial charge in [0.15, 0.2) is 0 Å². The Balaban J connectivity index is 1.29. The molecule has 4 aromatic rings. The average Bonchev–Trinajstić information content (AvgIpc) is 2.87. The lowest BCUT2D eigenvalue weighted by atomic mass is 10.2. The summed E-state index contributed by atoms with van der Waals surface area (Å²) >= 11 is 1.76. The van der Waals surface area contributed by atoms with Crippen LogP contribution >= 0.6 is 11.8 Å². The summed E-state index contributed by atoms with van der Waals surface area (Å²) in [6.45, 7) is 1.20. The summed E-state index contributed by atoms with van der Waals surface area (Å²) in [5.41, 5.74) is 1.77. The van der Waals surface area contributed by atoms with Crippen molar-refractivity contribution in [1.82, 2.24) is 19.4 Å². The third-order valence-electron chi connectivity index (χ3n) is 5.91. The molecule has 8 nitrogen and oxygen atoms in total. The highest BCUT2D eigenvalue weighted by molar-refractivity contribution is 7.99. The number of nitrogens with zero attached hydrogens (tertiary/aromatic N) is 4. The molecule has 1 amide bonds. The van der Waals surface area contributed by atoms with Gasteiger partial charge in [0.25, 0.3) is 11.5 Å². The minimum Gasteiger partial charge on any atom is -0.351 e. The average molecular weight is 474 g/mol. The van der Waals surface area contributed by atoms with Crippen LogP contribution in [0.2, 0.25) is 0 Å². The van der Waals surface area contributed by atoms with Gasteiger partial charge in [0.05, 0.1) is 16.8 Å². The molecule has 1 aliphatic rings. The molecule has 3 heterocycles. The van der Waals surface area contributed by atoms with E-state index in [9.17, 15) is 14.4 Å². The number of carbonyl (C=O) groups is 1. The van der Waals surface area contributed by atoms with Crippen LogP contribution in [0.5, 0.6) is 0 Å². The topological polar surface area (TPSA) is 89.2 Å². The molecule has 0 saturated carbocycles. The van der Waals surface area contributed by atoms with Crippen LogP contribution in [-0.4, -0.2) is 33.1 Å². The van der Waals surface area contributed by atoms with Gasteiger partial charge >= 0.3 is 5.69 Å². The molecule has 0 saturated heterocycles. The quantitative estimate of drug-likeness (QED) is 0.448. The minimum atomic E-state index is -0.484. The standard InChI is InChI=1S/C25H23N5O3S/c1-28-22-16(24(32)29(2)25(28)33)12-13-17(27-22)23(31)26-14-7-15-30-18-8-3-5-10-20(18)34-21-11-6-4-9-19(21)30/h3-6,8-13H,7,14-15H2,1-2H3,(H,26,31). The normalized spacial score (nSPS) is 12.4. The Morgan fingerprint density at radius 2 is 1.56 bits per heavy atom. The number of fused-ring (bicyclic) bond motifs is 3. The van der Waals surface area contributed by atoms with Crippen molar-refractivity contribution >= 4 is 40.1 Å². The van der Waals surface area contributed by atoms with E-state index in [0.29, 0.717) is 11.9 Å². The number of hydrogen-bond donors (Lipinski definition) is 1. The van der Waals surface area contributed by atoms with E-state index >= 15 is 0 Å². The van der Waals surface area contributed by atoms with Crippen molar-refractivity contribution in [1.29, 1.82) is 0 Å². The smallest absolute Gasteiger partial charge is 0.332 e. The van der Waals surface area contributed by atoms with Crippen molar-refractivity contribution in [2.24, 2.45) is 14.1 Å². The lowest BCUT2D eigenvalue weighted by molar-refractivity contribution is 0.0948. The SMILES string of the molecule is Cn1c(=O)c2ccc(C(=O)NCCCN3c4ccccc4Sc4ccccc43)nc2n(C)c1=O. The summed E-state index contributed by atoms with van der Waals surface area (Å²) in [6.07, 6.45) is 0.728. The van der Waals surface area contributed by atoms with Gasteiger partial charge < -0.3 is 10.2 Å². The molecule has 34 heavy (non-hydrogen) atoms. The molecule has 2 aromatic heterocycles. The van der Waals surface area contributed by atoms with E-state index < -0.39 is 11.2 Å². The molecule has 0 aliphatic carbocycles. The van der Waals surface area contributed by atoms with Gasteiger partial charge in [-0.3, -0.25) is 18.7 Å². The van der Waals surface area contributed by atoms with E-state index in [1.165, 1.54) is 40.6 Å². The Morgan fingerprint density at radius 3 is 2.24 bits per heavy atom. The summed E-state index contributed by atoms with van der Waals surface area (Å²) in [5.74, 6) is -0.343. The number of benzene rings is 2. The van der Waals surface area contributed by atoms with Gasteiger partial charge in [-0.1, -0.05) is 36.0 Å². The largest absolute Gasteiger partial charge is 0.351 e. The van der Waals surface area contributed by atoms with Crippen LogP contribution in [0, 0.1) is 0 Å². The molecular formula is C25H23N5O3S. The number of amides is 1. The molecule has 0 atom stereocenters. The lowest BCUT2D eigenvalue weighted by Crippen LogP contribution is -2.37. The Kier molecular flexibility index (Phi) is 5.70. The first-order valence-corrected chi connectivity index (χ1v) is 11.8. The van der Waals surface area contributed by atoms with Crippen LogP contribution in [0.15, 0.2) is 80.0 Å². The zero-order valence-electron chi connectivity index (χ0n) is 18.8. The Morgan fingerprint density at radius 1 is 0.912 bits per heavy atom. The van der Waals surface area contributed by atoms with Gasteiger partial charge in [-0.25, -0.2) is 9.78 Å². The number of hydrogen-bond acceptors (Lipinski definition) is 6. The van der Waals surface area contributed by atoms with E-state index in [1.54, 1.807) is 11.8 Å². The number of pyridine rings is 1. The van der Waals surface area contributed by atoms with Crippen molar-refractivity contribution in [2.75, 3.05) is 18.0 Å². The first-order chi connectivity index (χ1) is 16.5. The van der Waals surface area contributed by atoms with Gasteiger partial charge in [0.2, 0.25) is 0 Å². The zero-order chi connectivity index (χ0) is 23.8. The van der Waals surface area contributed by atoms with Crippen molar-refractivity contribution in [2.45, 2.75) is 16.2 Å². The molecule has 172 valence electrons. The van der Waals surface area contributed by atoms with Crippen LogP contribution in [0.1, 0.15) is 16.9 Å². The number of anilines is 2. The molecule has 0 fully saturated rings. The van der Waals surface area contributed by atoms with E-state index in [1.807, 2.05) is 24.3 Å². The number of rotatable bonds is 5. The van der Waals surface area contributed by atoms with Crippen LogP contribution < -0.4 is 21.5 Å². The van der Waals surface area contributed by atoms with Crippen molar-refractivity contribution in [3.8, 4) is 0 Å². The first-order valence-electron chi connectivity index (χ1n) is 10.9. The maximum absolute atomic E-state index is 12.7. The van der Waals surface area contributed by atoms with Crippen molar-refractivity contribution in [3.05, 3.63) is 87.2 Å². The minimum absolute atomic E-state index is 0.167. The molecule has 1 aliphatic heterocycles. The van der Waals surface area contributed by atoms with E-state index in [0.717, 1.165) is 28.9 Å². The van der Waals surface area contributed by atoms with Crippen molar-refractivity contribution < 1.29 is 4.79 Å². The van der Waals surface area contributed by atoms with Crippen LogP contribution in [0.25, 0.3) is 11.0 Å². The molecule has 1 N–H and O–H groups in total. The Labute approximate surface area is 199 Å². The second-order valence-electron chi connectivity index (χ2n) is 8.07. The second kappa shape index (κ2) is 8.83. The van der Waals surface area contributed by atoms with Gasteiger partial charge in [0.1, 0.15) is 11.3 Å². The van der Waals surface area contributed by atoms with Gasteiger partial charge in [-0.05, 0) is 42.8 Å². The number of para-hydroxylation sites is 2. The van der Waals surface area contributed by atoms with E-state index in [4.69, 9.17) is 0 Å². The highest BCUT2D eigenvalue weighted by Gasteiger charge is 2.22. The van der Waals surface area contributed by atoms with Gasteiger partial charge in [0, 0.05) is 37.0 Å². The molecule has 2 aromatic carbocycles. The maximum atomic E-state index is 12.7. The highest BCUT2D eigenvalue weighted by Crippen LogP contribution is 2.47. The molecule has 9 heteroatoms. The number of aryl methyl sites for hydroxylation is 1. The predicted octanol–water partition coefficient (Wildman–Crippen LogP) is 3.06. The van der Waals surface area contributed by atoms with Gasteiger partial charge in [-0.15, -0.1) is 0 Å². The zero-order valence-corrected chi connectivity index (χ0v) is 19.6. The fourth-order valence-electron chi connectivity index (χ4n) is 4.13. The predicted molar refractivity (Wildman–Crippen MR) is 133 cm³/mol. The number of nitrogens with one attached hydrogen (secondary N) is 1. The summed E-state index contributed by atoms with van der Waals surface area (Å²) in [7, 11) is 2.95. The number of aromatic nitrogens is 3. The van der Waals surface area contributed by atoms with Crippen molar-refractivity contribution in [3.63, 3.8) is 0 Å². The van der Waals surface area contributed by atoms with Crippen LogP contribution in [0.3, 0.4) is 0 Å². The summed E-state index contributed by atoms with van der Waals surface area (Å²) < 4.78 is 2.30. The van der Waals surface area contributed by atoms with E-state index in [2.05, 4.69) is 39.5 Å². The molecule has 0 spiro atoms. The summed E-state index contributed by atoms with van der Waals surface area (Å²) in [5, 5.41) is 3.20.